The quantitative estimate of drug-likeness (QED) is 0.814. The zero-order chi connectivity index (χ0) is 11.2. The van der Waals surface area contributed by atoms with Gasteiger partial charge in [-0.15, -0.1) is 0 Å². The van der Waals surface area contributed by atoms with Crippen LogP contribution in [0.1, 0.15) is 10.4 Å². The van der Waals surface area contributed by atoms with Crippen molar-refractivity contribution in [3.63, 3.8) is 0 Å². The number of fused-ring (bicyclic) bond motifs is 1. The Balaban J connectivity index is 2.95. The van der Waals surface area contributed by atoms with Crippen molar-refractivity contribution in [2.75, 3.05) is 0 Å². The van der Waals surface area contributed by atoms with Gasteiger partial charge >= 0.3 is 5.97 Å². The van der Waals surface area contributed by atoms with Gasteiger partial charge in [0.25, 0.3) is 0 Å². The second-order valence-corrected chi connectivity index (χ2v) is 3.55. The van der Waals surface area contributed by atoms with E-state index in [0.717, 1.165) is 0 Å². The lowest BCUT2D eigenvalue weighted by Crippen LogP contribution is -1.96. The van der Waals surface area contributed by atoms with Gasteiger partial charge < -0.3 is 9.67 Å². The second kappa shape index (κ2) is 3.24. The molecule has 0 fully saturated rings. The Hall–Kier alpha value is -1.55. The number of hydrogen-bond acceptors (Lipinski definition) is 1. The molecule has 0 saturated carbocycles. The zero-order valence-electron chi connectivity index (χ0n) is 7.79. The number of nitrogens with zero attached hydrogens (tertiary/aromatic N) is 1. The number of aromatic carboxylic acids is 1. The van der Waals surface area contributed by atoms with Gasteiger partial charge in [0, 0.05) is 18.0 Å². The molecule has 0 saturated heterocycles. The van der Waals surface area contributed by atoms with Gasteiger partial charge in [0.2, 0.25) is 0 Å². The lowest BCUT2D eigenvalue weighted by atomic mass is 10.2. The molecule has 2 aromatic rings. The minimum absolute atomic E-state index is 0.0614. The Morgan fingerprint density at radius 1 is 1.53 bits per heavy atom. The minimum atomic E-state index is -1.16. The first-order valence-electron chi connectivity index (χ1n) is 4.19. The van der Waals surface area contributed by atoms with Gasteiger partial charge in [-0.1, -0.05) is 11.6 Å². The van der Waals surface area contributed by atoms with Crippen molar-refractivity contribution < 1.29 is 14.3 Å². The van der Waals surface area contributed by atoms with Gasteiger partial charge in [0.15, 0.2) is 0 Å². The van der Waals surface area contributed by atoms with Crippen LogP contribution >= 0.6 is 11.6 Å². The molecule has 1 aromatic carbocycles. The number of carboxylic acids is 1. The molecule has 0 unspecified atom stereocenters. The standard InChI is InChI=1S/C10H7ClFNO2/c1-13-7-3-2-5(12)4-6(7)8(9(13)11)10(14)15/h2-4H,1H3,(H,14,15). The third-order valence-electron chi connectivity index (χ3n) is 2.30. The van der Waals surface area contributed by atoms with E-state index in [9.17, 15) is 9.18 Å². The topological polar surface area (TPSA) is 42.2 Å². The van der Waals surface area contributed by atoms with Gasteiger partial charge in [-0.3, -0.25) is 0 Å². The van der Waals surface area contributed by atoms with E-state index in [2.05, 4.69) is 0 Å². The van der Waals surface area contributed by atoms with Crippen LogP contribution in [0.25, 0.3) is 10.9 Å². The Labute approximate surface area is 89.7 Å². The number of hydrogen-bond donors (Lipinski definition) is 1. The molecule has 0 atom stereocenters. The Kier molecular flexibility index (Phi) is 2.16. The number of benzene rings is 1. The highest BCUT2D eigenvalue weighted by atomic mass is 35.5. The van der Waals surface area contributed by atoms with Crippen LogP contribution in [0.2, 0.25) is 5.15 Å². The predicted octanol–water partition coefficient (Wildman–Crippen LogP) is 2.67. The molecule has 15 heavy (non-hydrogen) atoms. The normalized spacial score (nSPS) is 10.9. The predicted molar refractivity (Wildman–Crippen MR) is 54.8 cm³/mol. The maximum atomic E-state index is 13.0. The zero-order valence-corrected chi connectivity index (χ0v) is 8.55. The van der Waals surface area contributed by atoms with E-state index in [-0.39, 0.29) is 10.7 Å². The molecule has 0 amide bonds. The van der Waals surface area contributed by atoms with E-state index in [1.54, 1.807) is 7.05 Å². The second-order valence-electron chi connectivity index (χ2n) is 3.19. The molecule has 0 radical (unpaired) electrons. The van der Waals surface area contributed by atoms with Crippen LogP contribution in [0.15, 0.2) is 18.2 Å². The Bertz CT molecular complexity index is 562. The molecule has 78 valence electrons. The molecule has 0 aliphatic heterocycles. The SMILES string of the molecule is Cn1c(Cl)c(C(=O)O)c2cc(F)ccc21. The van der Waals surface area contributed by atoms with Crippen LogP contribution in [0, 0.1) is 5.82 Å². The molecule has 5 heteroatoms. The number of aryl methyl sites for hydroxylation is 1. The summed E-state index contributed by atoms with van der Waals surface area (Å²) < 4.78 is 14.5. The third kappa shape index (κ3) is 1.37. The highest BCUT2D eigenvalue weighted by Crippen LogP contribution is 2.29. The lowest BCUT2D eigenvalue weighted by molar-refractivity contribution is 0.0699. The summed E-state index contributed by atoms with van der Waals surface area (Å²) in [4.78, 5) is 10.9. The molecular weight excluding hydrogens is 221 g/mol. The van der Waals surface area contributed by atoms with Crippen LogP contribution in [0.3, 0.4) is 0 Å². The van der Waals surface area contributed by atoms with Gasteiger partial charge in [0.05, 0.1) is 0 Å². The van der Waals surface area contributed by atoms with Crippen molar-refractivity contribution in [2.45, 2.75) is 0 Å². The third-order valence-corrected chi connectivity index (χ3v) is 2.75. The van der Waals surface area contributed by atoms with Gasteiger partial charge in [-0.05, 0) is 18.2 Å². The van der Waals surface area contributed by atoms with E-state index >= 15 is 0 Å². The van der Waals surface area contributed by atoms with Crippen molar-refractivity contribution in [2.24, 2.45) is 7.05 Å². The fourth-order valence-corrected chi connectivity index (χ4v) is 1.86. The summed E-state index contributed by atoms with van der Waals surface area (Å²) >= 11 is 5.84. The van der Waals surface area contributed by atoms with Crippen LogP contribution in [0.5, 0.6) is 0 Å². The molecule has 1 N–H and O–H groups in total. The van der Waals surface area contributed by atoms with E-state index in [0.29, 0.717) is 10.9 Å². The average Bonchev–Trinajstić information content (AvgIpc) is 2.39. The van der Waals surface area contributed by atoms with E-state index in [4.69, 9.17) is 16.7 Å². The van der Waals surface area contributed by atoms with Crippen LogP contribution in [-0.2, 0) is 7.05 Å². The summed E-state index contributed by atoms with van der Waals surface area (Å²) in [6.07, 6.45) is 0. The maximum absolute atomic E-state index is 13.0. The maximum Gasteiger partial charge on any atom is 0.339 e. The first kappa shape index (κ1) is 9.98. The fraction of sp³-hybridized carbons (Fsp3) is 0.100. The van der Waals surface area contributed by atoms with Crippen LogP contribution in [-0.4, -0.2) is 15.6 Å². The minimum Gasteiger partial charge on any atom is -0.478 e. The van der Waals surface area contributed by atoms with E-state index < -0.39 is 11.8 Å². The molecule has 1 aromatic heterocycles. The number of rotatable bonds is 1. The van der Waals surface area contributed by atoms with Crippen molar-refractivity contribution in [3.8, 4) is 0 Å². The molecule has 2 rings (SSSR count). The summed E-state index contributed by atoms with van der Waals surface area (Å²) in [6.45, 7) is 0. The smallest absolute Gasteiger partial charge is 0.339 e. The fourth-order valence-electron chi connectivity index (χ4n) is 1.59. The summed E-state index contributed by atoms with van der Waals surface area (Å²) in [7, 11) is 1.63. The van der Waals surface area contributed by atoms with Crippen molar-refractivity contribution in [1.29, 1.82) is 0 Å². The summed E-state index contributed by atoms with van der Waals surface area (Å²) in [6, 6.07) is 3.94. The first-order valence-corrected chi connectivity index (χ1v) is 4.57. The lowest BCUT2D eigenvalue weighted by Gasteiger charge is -1.95. The monoisotopic (exact) mass is 227 g/mol. The van der Waals surface area contributed by atoms with Crippen LogP contribution < -0.4 is 0 Å². The number of aromatic nitrogens is 1. The summed E-state index contributed by atoms with van der Waals surface area (Å²) in [5, 5.41) is 9.36. The van der Waals surface area contributed by atoms with Crippen molar-refractivity contribution in [3.05, 3.63) is 34.7 Å². The molecule has 0 spiro atoms. The van der Waals surface area contributed by atoms with Gasteiger partial charge in [0.1, 0.15) is 16.5 Å². The highest BCUT2D eigenvalue weighted by Gasteiger charge is 2.19. The molecule has 0 bridgehead atoms. The average molecular weight is 228 g/mol. The van der Waals surface area contributed by atoms with Crippen molar-refractivity contribution >= 4 is 28.5 Å². The molecule has 1 heterocycles. The molecular formula is C10H7ClFNO2. The Morgan fingerprint density at radius 3 is 2.80 bits per heavy atom. The molecule has 0 aliphatic carbocycles. The molecule has 0 aliphatic rings. The molecule has 3 nitrogen and oxygen atoms in total. The summed E-state index contributed by atoms with van der Waals surface area (Å²) in [5.41, 5.74) is 0.535. The van der Waals surface area contributed by atoms with Gasteiger partial charge in [-0.2, -0.15) is 0 Å². The highest BCUT2D eigenvalue weighted by molar-refractivity contribution is 6.35. The largest absolute Gasteiger partial charge is 0.478 e. The van der Waals surface area contributed by atoms with Gasteiger partial charge in [-0.25, -0.2) is 9.18 Å². The number of carboxylic acid groups (broad SMARTS) is 1. The van der Waals surface area contributed by atoms with E-state index in [1.807, 2.05) is 0 Å². The first-order chi connectivity index (χ1) is 7.02. The number of carbonyl (C=O) groups is 1. The number of halogens is 2. The van der Waals surface area contributed by atoms with E-state index in [1.165, 1.54) is 22.8 Å². The van der Waals surface area contributed by atoms with Crippen LogP contribution in [0.4, 0.5) is 4.39 Å². The summed E-state index contributed by atoms with van der Waals surface area (Å²) in [5.74, 6) is -1.64. The van der Waals surface area contributed by atoms with Crippen molar-refractivity contribution in [1.82, 2.24) is 4.57 Å². The Morgan fingerprint density at radius 2 is 2.20 bits per heavy atom.